The molecular weight excluding hydrogens is 908 g/mol. The van der Waals surface area contributed by atoms with Gasteiger partial charge < -0.3 is 0 Å². The van der Waals surface area contributed by atoms with Gasteiger partial charge in [-0.1, -0.05) is 89.0 Å². The van der Waals surface area contributed by atoms with Crippen molar-refractivity contribution in [3.8, 4) is 11.5 Å². The molecule has 4 heterocycles. The maximum Gasteiger partial charge on any atom is 0.211 e. The summed E-state index contributed by atoms with van der Waals surface area (Å²) in [6.07, 6.45) is 10.4. The number of rotatable bonds is 4. The summed E-state index contributed by atoms with van der Waals surface area (Å²) in [5.41, 5.74) is 12.8. The lowest BCUT2D eigenvalue weighted by Gasteiger charge is -2.38. The number of nitrogens with zero attached hydrogens (tertiary/aromatic N) is 6. The van der Waals surface area contributed by atoms with E-state index in [2.05, 4.69) is 87.2 Å². The molecular formula is C43H47BrCl2N6O4S2Si. The zero-order chi connectivity index (χ0) is 42.3. The van der Waals surface area contributed by atoms with E-state index in [0.29, 0.717) is 62.4 Å². The van der Waals surface area contributed by atoms with E-state index in [9.17, 15) is 16.8 Å². The van der Waals surface area contributed by atoms with Gasteiger partial charge in [0.15, 0.2) is 0 Å². The fourth-order valence-electron chi connectivity index (χ4n) is 7.97. The van der Waals surface area contributed by atoms with Crippen molar-refractivity contribution in [2.75, 3.05) is 64.9 Å². The third kappa shape index (κ3) is 10.1. The van der Waals surface area contributed by atoms with Gasteiger partial charge in [-0.3, -0.25) is 19.8 Å². The molecule has 2 aliphatic carbocycles. The first kappa shape index (κ1) is 43.9. The van der Waals surface area contributed by atoms with Crippen LogP contribution in [-0.2, 0) is 20.0 Å². The number of fused-ring (bicyclic) bond motifs is 4. The molecule has 2 aromatic carbocycles. The summed E-state index contributed by atoms with van der Waals surface area (Å²) in [5.74, 6) is 3.45. The van der Waals surface area contributed by atoms with E-state index in [-0.39, 0.29) is 12.1 Å². The van der Waals surface area contributed by atoms with Crippen LogP contribution in [0.25, 0.3) is 22.2 Å². The van der Waals surface area contributed by atoms with Gasteiger partial charge in [0.2, 0.25) is 20.0 Å². The van der Waals surface area contributed by atoms with Gasteiger partial charge >= 0.3 is 0 Å². The lowest BCUT2D eigenvalue weighted by Crippen LogP contribution is -2.49. The van der Waals surface area contributed by atoms with E-state index in [0.717, 1.165) is 54.8 Å². The Morgan fingerprint density at radius 2 is 1.10 bits per heavy atom. The SMILES string of the molecule is CS(=O)(=O)N1CCN(C2c3ccc(Cl)cc3C=C(Br)c3cccnc32)CC1.C[Si](C)(C)C#CC1=Cc2cc(Cl)ccc2C(N2CCN(S(C)(=O)=O)CC2)c2ncccc21. The van der Waals surface area contributed by atoms with Gasteiger partial charge in [-0.2, -0.15) is 8.61 Å². The summed E-state index contributed by atoms with van der Waals surface area (Å²) < 4.78 is 51.8. The van der Waals surface area contributed by atoms with Crippen molar-refractivity contribution < 1.29 is 16.8 Å². The summed E-state index contributed by atoms with van der Waals surface area (Å²) in [5, 5.41) is 1.36. The number of pyridine rings is 2. The number of allylic oxidation sites excluding steroid dienone is 1. The molecule has 2 fully saturated rings. The predicted molar refractivity (Wildman–Crippen MR) is 247 cm³/mol. The van der Waals surface area contributed by atoms with Gasteiger partial charge in [-0.05, 0) is 70.8 Å². The van der Waals surface area contributed by atoms with Gasteiger partial charge in [-0.15, -0.1) is 5.54 Å². The molecule has 310 valence electrons. The third-order valence-corrected chi connectivity index (χ3v) is 15.4. The topological polar surface area (TPSA) is 107 Å². The molecule has 4 aliphatic rings. The van der Waals surface area contributed by atoms with Gasteiger partial charge in [0.25, 0.3) is 0 Å². The highest BCUT2D eigenvalue weighted by Crippen LogP contribution is 2.43. The van der Waals surface area contributed by atoms with Gasteiger partial charge in [-0.25, -0.2) is 16.8 Å². The van der Waals surface area contributed by atoms with Crippen LogP contribution in [-0.4, -0.2) is 118 Å². The quantitative estimate of drug-likeness (QED) is 0.151. The molecule has 2 unspecified atom stereocenters. The minimum atomic E-state index is -3.20. The minimum absolute atomic E-state index is 0.0542. The highest BCUT2D eigenvalue weighted by atomic mass is 79.9. The number of hydrogen-bond donors (Lipinski definition) is 0. The minimum Gasteiger partial charge on any atom is -0.288 e. The molecule has 8 rings (SSSR count). The van der Waals surface area contributed by atoms with Crippen LogP contribution in [0.1, 0.15) is 56.9 Å². The molecule has 10 nitrogen and oxygen atoms in total. The maximum atomic E-state index is 12.0. The number of benzene rings is 2. The first-order valence-corrected chi connectivity index (χ1v) is 28.1. The average Bonchev–Trinajstić information content (AvgIpc) is 3.39. The van der Waals surface area contributed by atoms with Crippen molar-refractivity contribution in [2.45, 2.75) is 31.7 Å². The van der Waals surface area contributed by atoms with Crippen molar-refractivity contribution in [1.82, 2.24) is 28.4 Å². The summed E-state index contributed by atoms with van der Waals surface area (Å²) >= 11 is 16.3. The first-order chi connectivity index (χ1) is 27.9. The molecule has 0 N–H and O–H groups in total. The Balaban J connectivity index is 0.000000181. The molecule has 16 heteroatoms. The summed E-state index contributed by atoms with van der Waals surface area (Å²) in [4.78, 5) is 14.1. The molecule has 0 bridgehead atoms. The van der Waals surface area contributed by atoms with Crippen molar-refractivity contribution in [1.29, 1.82) is 0 Å². The second-order valence-corrected chi connectivity index (χ2v) is 26.6. The molecule has 4 aromatic rings. The molecule has 0 radical (unpaired) electrons. The Labute approximate surface area is 368 Å². The zero-order valence-electron chi connectivity index (χ0n) is 33.7. The standard InChI is InChI=1S/C24H28ClN3O2SSi.C19H19BrClN3O2S/c1-31(29,30)28-13-11-27(12-14-28)24-22-8-7-20(25)17-19(22)16-18(9-15-32(2,3)4)21-6-5-10-26-23(21)24;1-27(25,26)24-9-7-23(8-10-24)19-15-5-4-14(21)11-13(15)12-17(20)16-3-2-6-22-18(16)19/h5-8,10,16-17,24H,11-14H2,1-4H3;2-6,11-12,19H,7-10H2,1H3. The van der Waals surface area contributed by atoms with Crippen LogP contribution in [0.4, 0.5) is 0 Å². The van der Waals surface area contributed by atoms with Crippen LogP contribution in [0.5, 0.6) is 0 Å². The Hall–Kier alpha value is -3.20. The molecule has 0 amide bonds. The van der Waals surface area contributed by atoms with Crippen molar-refractivity contribution in [2.24, 2.45) is 0 Å². The van der Waals surface area contributed by atoms with E-state index >= 15 is 0 Å². The summed E-state index contributed by atoms with van der Waals surface area (Å²) in [7, 11) is -7.94. The second kappa shape index (κ2) is 17.6. The smallest absolute Gasteiger partial charge is 0.211 e. The first-order valence-electron chi connectivity index (χ1n) is 19.4. The van der Waals surface area contributed by atoms with E-state index < -0.39 is 28.1 Å². The summed E-state index contributed by atoms with van der Waals surface area (Å²) in [6, 6.07) is 19.7. The number of piperazine rings is 2. The van der Waals surface area contributed by atoms with Gasteiger partial charge in [0, 0.05) is 96.0 Å². The molecule has 59 heavy (non-hydrogen) atoms. The molecule has 0 spiro atoms. The van der Waals surface area contributed by atoms with Gasteiger partial charge in [0.05, 0.1) is 36.0 Å². The van der Waals surface area contributed by atoms with Gasteiger partial charge in [0.1, 0.15) is 8.07 Å². The molecule has 2 saturated heterocycles. The van der Waals surface area contributed by atoms with Crippen LogP contribution in [0.15, 0.2) is 73.1 Å². The van der Waals surface area contributed by atoms with E-state index in [1.54, 1.807) is 10.5 Å². The van der Waals surface area contributed by atoms with Crippen LogP contribution >= 0.6 is 39.1 Å². The molecule has 2 aromatic heterocycles. The van der Waals surface area contributed by atoms with E-state index in [1.165, 1.54) is 16.8 Å². The monoisotopic (exact) mass is 952 g/mol. The molecule has 0 saturated carbocycles. The number of aromatic nitrogens is 2. The number of hydrogen-bond acceptors (Lipinski definition) is 8. The number of sulfonamides is 2. The largest absolute Gasteiger partial charge is 0.288 e. The highest BCUT2D eigenvalue weighted by Gasteiger charge is 2.36. The van der Waals surface area contributed by atoms with Crippen molar-refractivity contribution in [3.63, 3.8) is 0 Å². The Bertz CT molecular complexity index is 2610. The Kier molecular flexibility index (Phi) is 13.1. The van der Waals surface area contributed by atoms with Crippen molar-refractivity contribution in [3.05, 3.63) is 128 Å². The average molecular weight is 955 g/mol. The maximum absolute atomic E-state index is 12.0. The van der Waals surface area contributed by atoms with Crippen molar-refractivity contribution >= 4 is 89.5 Å². The fraction of sp³-hybridized carbons (Fsp3) is 0.349. The highest BCUT2D eigenvalue weighted by molar-refractivity contribution is 9.15. The second-order valence-electron chi connectivity index (χ2n) is 16.2. The normalized spacial score (nSPS) is 20.4. The fourth-order valence-corrected chi connectivity index (χ4v) is 11.1. The Morgan fingerprint density at radius 3 is 1.56 bits per heavy atom. The zero-order valence-corrected chi connectivity index (χ0v) is 39.4. The lowest BCUT2D eigenvalue weighted by atomic mass is 9.95. The molecule has 2 aliphatic heterocycles. The van der Waals surface area contributed by atoms with Crippen LogP contribution in [0, 0.1) is 11.5 Å². The number of halogens is 3. The Morgan fingerprint density at radius 1 is 0.661 bits per heavy atom. The summed E-state index contributed by atoms with van der Waals surface area (Å²) in [6.45, 7) is 11.2. The lowest BCUT2D eigenvalue weighted by molar-refractivity contribution is 0.154. The van der Waals surface area contributed by atoms with Crippen LogP contribution in [0.3, 0.4) is 0 Å². The third-order valence-electron chi connectivity index (χ3n) is 10.8. The van der Waals surface area contributed by atoms with E-state index in [4.69, 9.17) is 33.2 Å². The van der Waals surface area contributed by atoms with Crippen LogP contribution < -0.4 is 0 Å². The van der Waals surface area contributed by atoms with Crippen LogP contribution in [0.2, 0.25) is 29.7 Å². The molecule has 2 atom stereocenters. The van der Waals surface area contributed by atoms with E-state index in [1.807, 2.05) is 48.7 Å². The predicted octanol–water partition coefficient (Wildman–Crippen LogP) is 7.74.